The summed E-state index contributed by atoms with van der Waals surface area (Å²) in [4.78, 5) is 79.2. The lowest BCUT2D eigenvalue weighted by atomic mass is 9.98. The van der Waals surface area contributed by atoms with Gasteiger partial charge in [0.1, 0.15) is 0 Å². The molecule has 0 radical (unpaired) electrons. The molecule has 0 aliphatic carbocycles. The summed E-state index contributed by atoms with van der Waals surface area (Å²) in [6.45, 7) is 0.773. The number of benzene rings is 3. The Morgan fingerprint density at radius 1 is 0.490 bits per heavy atom. The molecule has 3 N–H and O–H groups in total. The lowest BCUT2D eigenvalue weighted by molar-refractivity contribution is -0.385. The van der Waals surface area contributed by atoms with Crippen molar-refractivity contribution in [3.05, 3.63) is 103 Å². The van der Waals surface area contributed by atoms with Gasteiger partial charge in [0.2, 0.25) is 0 Å². The topological polar surface area (TPSA) is 230 Å². The van der Waals surface area contributed by atoms with Crippen molar-refractivity contribution in [1.82, 2.24) is 19.6 Å². The first kappa shape index (κ1) is 32.6. The number of non-ortho nitro benzene ring substituents is 3. The van der Waals surface area contributed by atoms with E-state index in [1.807, 2.05) is 4.90 Å². The molecule has 6 amide bonds. The molecule has 6 rings (SSSR count). The van der Waals surface area contributed by atoms with Crippen molar-refractivity contribution < 1.29 is 29.2 Å². The predicted molar refractivity (Wildman–Crippen MR) is 174 cm³/mol. The molecule has 19 heteroatoms. The zero-order valence-electron chi connectivity index (χ0n) is 25.7. The quantitative estimate of drug-likeness (QED) is 0.239. The summed E-state index contributed by atoms with van der Waals surface area (Å²) in [5, 5.41) is 41.5. The summed E-state index contributed by atoms with van der Waals surface area (Å²) in [6, 6.07) is 14.9. The highest BCUT2D eigenvalue weighted by atomic mass is 16.6. The van der Waals surface area contributed by atoms with Gasteiger partial charge in [0.15, 0.2) is 0 Å². The molecule has 3 heterocycles. The molecule has 3 aromatic rings. The molecule has 3 aliphatic heterocycles. The Bertz CT molecular complexity index is 1580. The Labute approximate surface area is 277 Å². The second kappa shape index (κ2) is 13.4. The van der Waals surface area contributed by atoms with Gasteiger partial charge in [0, 0.05) is 73.1 Å². The van der Waals surface area contributed by atoms with Crippen LogP contribution in [0.25, 0.3) is 0 Å². The van der Waals surface area contributed by atoms with Crippen LogP contribution in [0.2, 0.25) is 0 Å². The fourth-order valence-corrected chi connectivity index (χ4v) is 6.50. The summed E-state index contributed by atoms with van der Waals surface area (Å²) >= 11 is 0. The maximum absolute atomic E-state index is 13.6. The van der Waals surface area contributed by atoms with Crippen molar-refractivity contribution in [2.45, 2.75) is 37.8 Å². The number of nitro groups is 3. The number of urea groups is 3. The minimum atomic E-state index is -0.540. The van der Waals surface area contributed by atoms with Crippen molar-refractivity contribution in [2.24, 2.45) is 0 Å². The minimum Gasteiger partial charge on any atom is -0.308 e. The van der Waals surface area contributed by atoms with E-state index in [1.165, 1.54) is 72.8 Å². The van der Waals surface area contributed by atoms with E-state index in [-0.39, 0.29) is 36.7 Å². The van der Waals surface area contributed by atoms with Gasteiger partial charge in [-0.3, -0.25) is 30.3 Å². The maximum atomic E-state index is 13.6. The van der Waals surface area contributed by atoms with E-state index in [9.17, 15) is 44.7 Å². The molecule has 0 saturated carbocycles. The second-order valence-corrected chi connectivity index (χ2v) is 11.5. The van der Waals surface area contributed by atoms with Gasteiger partial charge in [0.05, 0.1) is 33.3 Å². The van der Waals surface area contributed by atoms with Gasteiger partial charge in [-0.25, -0.2) is 19.3 Å². The molecule has 0 bridgehead atoms. The van der Waals surface area contributed by atoms with Crippen LogP contribution in [0.4, 0.5) is 48.5 Å². The fraction of sp³-hybridized carbons (Fsp3) is 0.300. The van der Waals surface area contributed by atoms with Crippen LogP contribution in [0.5, 0.6) is 0 Å². The standard InChI is InChI=1S/C30H30N10O9/c41-28(31-19-1-7-22(8-2-19)38(44)45)34-16-13-26-36(30(43)33-21-5-11-24(12-6-21)40(48)49)18-15-27-35(17-14-25(34)37(26)27)29(42)32-20-3-9-23(10-4-20)39(46)47/h1-12,25-27H,13-18H2,(H,31,41)(H,32,42)(H,33,43). The summed E-state index contributed by atoms with van der Waals surface area (Å²) in [5.74, 6) is 0. The zero-order valence-corrected chi connectivity index (χ0v) is 25.7. The summed E-state index contributed by atoms with van der Waals surface area (Å²) in [5.41, 5.74) is 0.704. The first-order chi connectivity index (χ1) is 23.5. The molecule has 3 atom stereocenters. The van der Waals surface area contributed by atoms with Crippen molar-refractivity contribution >= 4 is 52.2 Å². The van der Waals surface area contributed by atoms with E-state index in [0.29, 0.717) is 36.3 Å². The highest BCUT2D eigenvalue weighted by Crippen LogP contribution is 2.38. The minimum absolute atomic E-state index is 0.124. The number of hydrogen-bond acceptors (Lipinski definition) is 10. The fourth-order valence-electron chi connectivity index (χ4n) is 6.50. The largest absolute Gasteiger partial charge is 0.323 e. The number of nitrogens with one attached hydrogen (secondary N) is 3. The number of nitro benzene ring substituents is 3. The van der Waals surface area contributed by atoms with E-state index in [1.54, 1.807) is 14.7 Å². The van der Waals surface area contributed by atoms with E-state index in [4.69, 9.17) is 0 Å². The van der Waals surface area contributed by atoms with Crippen molar-refractivity contribution in [1.29, 1.82) is 0 Å². The number of carbonyl (C=O) groups excluding carboxylic acids is 3. The average molecular weight is 675 g/mol. The Hall–Kier alpha value is -6.37. The van der Waals surface area contributed by atoms with Crippen LogP contribution in [-0.4, -0.2) is 90.6 Å². The first-order valence-corrected chi connectivity index (χ1v) is 15.2. The molecule has 49 heavy (non-hydrogen) atoms. The molecule has 0 spiro atoms. The summed E-state index contributed by atoms with van der Waals surface area (Å²) in [7, 11) is 0. The van der Waals surface area contributed by atoms with Crippen molar-refractivity contribution in [3.8, 4) is 0 Å². The van der Waals surface area contributed by atoms with E-state index < -0.39 is 51.4 Å². The first-order valence-electron chi connectivity index (χ1n) is 15.2. The number of anilines is 3. The Morgan fingerprint density at radius 3 is 0.959 bits per heavy atom. The van der Waals surface area contributed by atoms with Crippen molar-refractivity contribution in [2.75, 3.05) is 35.6 Å². The van der Waals surface area contributed by atoms with Gasteiger partial charge < -0.3 is 30.7 Å². The Morgan fingerprint density at radius 2 is 0.735 bits per heavy atom. The highest BCUT2D eigenvalue weighted by molar-refractivity contribution is 5.92. The lowest BCUT2D eigenvalue weighted by Gasteiger charge is -2.61. The smallest absolute Gasteiger partial charge is 0.308 e. The SMILES string of the molecule is O=C(Nc1ccc([N+](=O)[O-])cc1)N1CCC2N(C(=O)Nc3ccc([N+](=O)[O-])cc3)CCC3N(C(=O)Nc4ccc([N+](=O)[O-])cc4)CCC1N23. The van der Waals surface area contributed by atoms with E-state index in [0.717, 1.165) is 0 Å². The van der Waals surface area contributed by atoms with Crippen LogP contribution in [0.3, 0.4) is 0 Å². The van der Waals surface area contributed by atoms with Crippen LogP contribution >= 0.6 is 0 Å². The molecule has 19 nitrogen and oxygen atoms in total. The Kier molecular flexibility index (Phi) is 8.90. The summed E-state index contributed by atoms with van der Waals surface area (Å²) in [6.07, 6.45) is -0.606. The number of amides is 6. The molecular weight excluding hydrogens is 644 g/mol. The zero-order chi connectivity index (χ0) is 34.8. The molecule has 3 fully saturated rings. The molecule has 0 aromatic heterocycles. The van der Waals surface area contributed by atoms with Crippen LogP contribution < -0.4 is 16.0 Å². The van der Waals surface area contributed by atoms with Crippen LogP contribution in [-0.2, 0) is 0 Å². The van der Waals surface area contributed by atoms with Gasteiger partial charge in [0.25, 0.3) is 17.1 Å². The van der Waals surface area contributed by atoms with Crippen LogP contribution in [0.1, 0.15) is 19.3 Å². The van der Waals surface area contributed by atoms with Crippen molar-refractivity contribution in [3.63, 3.8) is 0 Å². The third-order valence-corrected chi connectivity index (χ3v) is 8.77. The number of hydrogen-bond donors (Lipinski definition) is 3. The van der Waals surface area contributed by atoms with E-state index in [2.05, 4.69) is 16.0 Å². The third-order valence-electron chi connectivity index (χ3n) is 8.77. The number of rotatable bonds is 6. The molecule has 254 valence electrons. The van der Waals surface area contributed by atoms with Gasteiger partial charge in [-0.2, -0.15) is 0 Å². The van der Waals surface area contributed by atoms with E-state index >= 15 is 0 Å². The summed E-state index contributed by atoms with van der Waals surface area (Å²) < 4.78 is 0. The second-order valence-electron chi connectivity index (χ2n) is 11.5. The third kappa shape index (κ3) is 6.72. The van der Waals surface area contributed by atoms with Crippen LogP contribution in [0, 0.1) is 30.3 Å². The Balaban J connectivity index is 1.23. The van der Waals surface area contributed by atoms with Crippen LogP contribution in [0.15, 0.2) is 72.8 Å². The normalized spacial score (nSPS) is 20.1. The molecular formula is C30H30N10O9. The molecule has 3 aromatic carbocycles. The van der Waals surface area contributed by atoms with Gasteiger partial charge >= 0.3 is 18.1 Å². The number of nitrogens with zero attached hydrogens (tertiary/aromatic N) is 7. The molecule has 3 saturated heterocycles. The average Bonchev–Trinajstić information content (AvgIpc) is 3.09. The number of carbonyl (C=O) groups is 3. The van der Waals surface area contributed by atoms with Gasteiger partial charge in [-0.1, -0.05) is 0 Å². The highest BCUT2D eigenvalue weighted by Gasteiger charge is 2.52. The monoisotopic (exact) mass is 674 g/mol. The van der Waals surface area contributed by atoms with Gasteiger partial charge in [-0.05, 0) is 55.7 Å². The lowest BCUT2D eigenvalue weighted by Crippen LogP contribution is -2.76. The predicted octanol–water partition coefficient (Wildman–Crippen LogP) is 4.80. The molecule has 3 aliphatic rings. The molecule has 3 unspecified atom stereocenters. The van der Waals surface area contributed by atoms with Gasteiger partial charge in [-0.15, -0.1) is 0 Å². The maximum Gasteiger partial charge on any atom is 0.323 e.